The Hall–Kier alpha value is -3.28. The van der Waals surface area contributed by atoms with Crippen LogP contribution in [0.25, 0.3) is 0 Å². The molecule has 0 radical (unpaired) electrons. The summed E-state index contributed by atoms with van der Waals surface area (Å²) in [5.41, 5.74) is 4.45. The van der Waals surface area contributed by atoms with Crippen molar-refractivity contribution in [1.82, 2.24) is 5.16 Å². The van der Waals surface area contributed by atoms with E-state index >= 15 is 0 Å². The minimum absolute atomic E-state index is 0.0435. The van der Waals surface area contributed by atoms with E-state index in [-0.39, 0.29) is 11.9 Å². The molecule has 1 amide bonds. The zero-order chi connectivity index (χ0) is 20.5. The highest BCUT2D eigenvalue weighted by Gasteiger charge is 2.31. The Morgan fingerprint density at radius 3 is 2.72 bits per heavy atom. The molecule has 1 aromatic heterocycles. The van der Waals surface area contributed by atoms with E-state index < -0.39 is 0 Å². The molecule has 0 fully saturated rings. The number of carbonyl (C=O) groups excluding carboxylic acids is 1. The highest BCUT2D eigenvalue weighted by molar-refractivity contribution is 6.08. The first kappa shape index (κ1) is 19.1. The Bertz CT molecular complexity index is 1040. The fourth-order valence-corrected chi connectivity index (χ4v) is 3.79. The Morgan fingerprint density at radius 2 is 2.00 bits per heavy atom. The molecule has 0 saturated heterocycles. The zero-order valence-corrected chi connectivity index (χ0v) is 17.1. The highest BCUT2D eigenvalue weighted by atomic mass is 16.5. The molecule has 1 atom stereocenters. The number of fused-ring (bicyclic) bond motifs is 1. The summed E-state index contributed by atoms with van der Waals surface area (Å²) >= 11 is 0. The maximum Gasteiger partial charge on any atom is 0.258 e. The summed E-state index contributed by atoms with van der Waals surface area (Å²) in [4.78, 5) is 15.1. The number of rotatable bonds is 5. The predicted molar refractivity (Wildman–Crippen MR) is 110 cm³/mol. The van der Waals surface area contributed by atoms with Crippen LogP contribution in [0.4, 0.5) is 5.69 Å². The van der Waals surface area contributed by atoms with Gasteiger partial charge in [0.2, 0.25) is 0 Å². The van der Waals surface area contributed by atoms with Crippen molar-refractivity contribution in [3.05, 3.63) is 70.6 Å². The van der Waals surface area contributed by atoms with E-state index in [1.807, 2.05) is 36.9 Å². The van der Waals surface area contributed by atoms with Gasteiger partial charge in [0, 0.05) is 17.3 Å². The molecule has 150 valence electrons. The normalized spacial score (nSPS) is 15.3. The molecule has 6 heteroatoms. The molecule has 29 heavy (non-hydrogen) atoms. The van der Waals surface area contributed by atoms with Crippen molar-refractivity contribution in [3.63, 3.8) is 0 Å². The molecule has 2 aromatic carbocycles. The van der Waals surface area contributed by atoms with Crippen molar-refractivity contribution in [3.8, 4) is 11.5 Å². The van der Waals surface area contributed by atoms with Crippen LogP contribution < -0.4 is 14.4 Å². The van der Waals surface area contributed by atoms with Crippen molar-refractivity contribution < 1.29 is 18.8 Å². The molecule has 0 saturated carbocycles. The monoisotopic (exact) mass is 392 g/mol. The van der Waals surface area contributed by atoms with Crippen LogP contribution in [-0.4, -0.2) is 24.2 Å². The molecule has 1 aliphatic rings. The van der Waals surface area contributed by atoms with E-state index in [0.717, 1.165) is 29.1 Å². The van der Waals surface area contributed by atoms with Gasteiger partial charge in [0.15, 0.2) is 11.5 Å². The second kappa shape index (κ2) is 7.62. The van der Waals surface area contributed by atoms with E-state index in [4.69, 9.17) is 14.0 Å². The van der Waals surface area contributed by atoms with E-state index in [2.05, 4.69) is 18.1 Å². The van der Waals surface area contributed by atoms with Crippen molar-refractivity contribution in [2.75, 3.05) is 12.0 Å². The number of hydrogen-bond acceptors (Lipinski definition) is 5. The first-order chi connectivity index (χ1) is 14.0. The van der Waals surface area contributed by atoms with Crippen LogP contribution >= 0.6 is 0 Å². The number of aryl methyl sites for hydroxylation is 2. The van der Waals surface area contributed by atoms with Crippen molar-refractivity contribution >= 4 is 11.6 Å². The number of amides is 1. The Labute approximate surface area is 170 Å². The van der Waals surface area contributed by atoms with Crippen LogP contribution in [0.2, 0.25) is 0 Å². The molecular weight excluding hydrogens is 368 g/mol. The molecule has 1 aliphatic heterocycles. The average molecular weight is 392 g/mol. The molecule has 4 rings (SSSR count). The third-order valence-electron chi connectivity index (χ3n) is 5.39. The number of nitrogens with zero attached hydrogens (tertiary/aromatic N) is 2. The minimum atomic E-state index is -0.0435. The summed E-state index contributed by atoms with van der Waals surface area (Å²) in [5, 5.41) is 3.94. The van der Waals surface area contributed by atoms with Gasteiger partial charge in [-0.1, -0.05) is 23.4 Å². The third-order valence-corrected chi connectivity index (χ3v) is 5.39. The lowest BCUT2D eigenvalue weighted by Crippen LogP contribution is -2.35. The molecule has 2 heterocycles. The SMILES string of the molecule is COc1cc(C(=O)N2c3ccccc3C[C@@H]2C)ccc1OCc1c(C)noc1C. The van der Waals surface area contributed by atoms with Gasteiger partial charge in [0.1, 0.15) is 12.4 Å². The van der Waals surface area contributed by atoms with Crippen LogP contribution in [0.3, 0.4) is 0 Å². The van der Waals surface area contributed by atoms with Crippen LogP contribution in [0, 0.1) is 13.8 Å². The number of hydrogen-bond donors (Lipinski definition) is 0. The van der Waals surface area contributed by atoms with E-state index in [1.54, 1.807) is 25.3 Å². The van der Waals surface area contributed by atoms with Gasteiger partial charge < -0.3 is 18.9 Å². The Balaban J connectivity index is 1.57. The number of methoxy groups -OCH3 is 1. The van der Waals surface area contributed by atoms with Gasteiger partial charge in [-0.25, -0.2) is 0 Å². The lowest BCUT2D eigenvalue weighted by atomic mass is 10.1. The van der Waals surface area contributed by atoms with E-state index in [9.17, 15) is 4.79 Å². The van der Waals surface area contributed by atoms with Gasteiger partial charge in [0.25, 0.3) is 5.91 Å². The molecular formula is C23H24N2O4. The van der Waals surface area contributed by atoms with Gasteiger partial charge in [-0.15, -0.1) is 0 Å². The van der Waals surface area contributed by atoms with E-state index in [0.29, 0.717) is 23.7 Å². The lowest BCUT2D eigenvalue weighted by Gasteiger charge is -2.23. The summed E-state index contributed by atoms with van der Waals surface area (Å²) in [7, 11) is 1.57. The smallest absolute Gasteiger partial charge is 0.258 e. The van der Waals surface area contributed by atoms with Gasteiger partial charge in [-0.05, 0) is 57.0 Å². The number of anilines is 1. The first-order valence-corrected chi connectivity index (χ1v) is 9.63. The molecule has 3 aromatic rings. The minimum Gasteiger partial charge on any atom is -0.493 e. The average Bonchev–Trinajstić information content (AvgIpc) is 3.23. The van der Waals surface area contributed by atoms with Gasteiger partial charge >= 0.3 is 0 Å². The largest absolute Gasteiger partial charge is 0.493 e. The summed E-state index contributed by atoms with van der Waals surface area (Å²) in [6.45, 7) is 6.12. The van der Waals surface area contributed by atoms with Crippen LogP contribution in [-0.2, 0) is 13.0 Å². The quantitative estimate of drug-likeness (QED) is 0.641. The first-order valence-electron chi connectivity index (χ1n) is 9.63. The number of carbonyl (C=O) groups is 1. The fraction of sp³-hybridized carbons (Fsp3) is 0.304. The lowest BCUT2D eigenvalue weighted by molar-refractivity contribution is 0.0981. The van der Waals surface area contributed by atoms with Crippen LogP contribution in [0.5, 0.6) is 11.5 Å². The fourth-order valence-electron chi connectivity index (χ4n) is 3.79. The second-order valence-corrected chi connectivity index (χ2v) is 7.31. The Morgan fingerprint density at radius 1 is 1.21 bits per heavy atom. The molecule has 0 spiro atoms. The van der Waals surface area contributed by atoms with Gasteiger partial charge in [-0.2, -0.15) is 0 Å². The van der Waals surface area contributed by atoms with Gasteiger partial charge in [-0.3, -0.25) is 4.79 Å². The Kier molecular flexibility index (Phi) is 5.01. The molecule has 0 N–H and O–H groups in total. The third kappa shape index (κ3) is 3.46. The summed E-state index contributed by atoms with van der Waals surface area (Å²) < 4.78 is 16.6. The van der Waals surface area contributed by atoms with Crippen molar-refractivity contribution in [2.24, 2.45) is 0 Å². The predicted octanol–water partition coefficient (Wildman–Crippen LogP) is 4.47. The number of ether oxygens (including phenoxy) is 2. The highest BCUT2D eigenvalue weighted by Crippen LogP contribution is 2.35. The van der Waals surface area contributed by atoms with E-state index in [1.165, 1.54) is 5.56 Å². The topological polar surface area (TPSA) is 64.8 Å². The van der Waals surface area contributed by atoms with Crippen LogP contribution in [0.1, 0.15) is 39.9 Å². The maximum atomic E-state index is 13.2. The molecule has 0 unspecified atom stereocenters. The second-order valence-electron chi connectivity index (χ2n) is 7.31. The number of benzene rings is 2. The van der Waals surface area contributed by atoms with Crippen LogP contribution in [0.15, 0.2) is 47.0 Å². The molecule has 0 aliphatic carbocycles. The van der Waals surface area contributed by atoms with Crippen molar-refractivity contribution in [1.29, 1.82) is 0 Å². The number of para-hydroxylation sites is 1. The van der Waals surface area contributed by atoms with Gasteiger partial charge in [0.05, 0.1) is 18.4 Å². The number of aromatic nitrogens is 1. The zero-order valence-electron chi connectivity index (χ0n) is 17.1. The summed E-state index contributed by atoms with van der Waals surface area (Å²) in [6, 6.07) is 13.4. The molecule has 0 bridgehead atoms. The molecule has 6 nitrogen and oxygen atoms in total. The standard InChI is InChI=1S/C23H24N2O4/c1-14-11-17-7-5-6-8-20(17)25(14)23(26)18-9-10-21(22(12-18)27-4)28-13-19-15(2)24-29-16(19)3/h5-10,12,14H,11,13H2,1-4H3/t14-/m0/s1. The summed E-state index contributed by atoms with van der Waals surface area (Å²) in [6.07, 6.45) is 0.859. The maximum absolute atomic E-state index is 13.2. The summed E-state index contributed by atoms with van der Waals surface area (Å²) in [5.74, 6) is 1.77. The van der Waals surface area contributed by atoms with Crippen molar-refractivity contribution in [2.45, 2.75) is 39.8 Å².